The summed E-state index contributed by atoms with van der Waals surface area (Å²) in [6, 6.07) is 6.67. The number of ether oxygens (including phenoxy) is 2. The Bertz CT molecular complexity index is 1040. The summed E-state index contributed by atoms with van der Waals surface area (Å²) < 4.78 is 35.8. The van der Waals surface area contributed by atoms with E-state index >= 15 is 0 Å². The second-order valence-corrected chi connectivity index (χ2v) is 11.0. The maximum absolute atomic E-state index is 13.1. The Hall–Kier alpha value is -2.21. The second-order valence-electron chi connectivity index (χ2n) is 9.51. The van der Waals surface area contributed by atoms with Gasteiger partial charge in [-0.25, -0.2) is 18.4 Å². The minimum absolute atomic E-state index is 0.0164. The van der Waals surface area contributed by atoms with E-state index in [-0.39, 0.29) is 47.1 Å². The van der Waals surface area contributed by atoms with Gasteiger partial charge in [0.05, 0.1) is 29.2 Å². The van der Waals surface area contributed by atoms with Crippen LogP contribution in [0.5, 0.6) is 0 Å². The molecule has 0 aromatic heterocycles. The van der Waals surface area contributed by atoms with Gasteiger partial charge in [-0.3, -0.25) is 4.79 Å². The number of sulfonamides is 1. The predicted octanol–water partition coefficient (Wildman–Crippen LogP) is 0.382. The summed E-state index contributed by atoms with van der Waals surface area (Å²) in [4.78, 5) is 28.6. The molecule has 0 bridgehead atoms. The number of urea groups is 1. The summed E-state index contributed by atoms with van der Waals surface area (Å²) in [5, 5.41) is 8.35. The summed E-state index contributed by atoms with van der Waals surface area (Å²) in [6.45, 7) is 2.76. The second kappa shape index (κ2) is 8.53. The van der Waals surface area contributed by atoms with Crippen LogP contribution < -0.4 is 10.5 Å². The molecule has 180 valence electrons. The van der Waals surface area contributed by atoms with E-state index < -0.39 is 10.0 Å². The zero-order valence-electron chi connectivity index (χ0n) is 18.4. The Morgan fingerprint density at radius 2 is 1.91 bits per heavy atom. The first-order chi connectivity index (χ1) is 15.7. The van der Waals surface area contributed by atoms with Gasteiger partial charge in [-0.15, -0.1) is 0 Å². The van der Waals surface area contributed by atoms with Gasteiger partial charge in [0, 0.05) is 32.1 Å². The molecule has 0 saturated carbocycles. The van der Waals surface area contributed by atoms with Crippen molar-refractivity contribution in [3.63, 3.8) is 0 Å². The van der Waals surface area contributed by atoms with E-state index in [9.17, 15) is 18.0 Å². The standard InChI is InChI=1S/C22H30N4O6S/c23-33(29,30)19-4-2-1-3-16(19)15-11-22(32-13-15)6-9-25(10-7-22)21(28)26-8-5-18-17(12-26)24-20(27)14-31-18/h1-4,15,17-18H,5-14H2,(H,24,27)(H2,23,29,30)/t15-,17-,18+/m1/s1. The molecule has 0 unspecified atom stereocenters. The lowest BCUT2D eigenvalue weighted by atomic mass is 9.83. The highest BCUT2D eigenvalue weighted by atomic mass is 32.2. The summed E-state index contributed by atoms with van der Waals surface area (Å²) in [7, 11) is -3.81. The van der Waals surface area contributed by atoms with E-state index in [1.54, 1.807) is 17.0 Å². The molecular formula is C22H30N4O6S. The maximum Gasteiger partial charge on any atom is 0.320 e. The fraction of sp³-hybridized carbons (Fsp3) is 0.636. The Balaban J connectivity index is 1.20. The number of fused-ring (bicyclic) bond motifs is 1. The van der Waals surface area contributed by atoms with Crippen molar-refractivity contribution in [2.75, 3.05) is 39.4 Å². The predicted molar refractivity (Wildman–Crippen MR) is 118 cm³/mol. The van der Waals surface area contributed by atoms with Crippen LogP contribution in [-0.4, -0.2) is 87.3 Å². The lowest BCUT2D eigenvalue weighted by Crippen LogP contribution is -2.63. The van der Waals surface area contributed by atoms with Crippen molar-refractivity contribution in [3.8, 4) is 0 Å². The normalized spacial score (nSPS) is 29.6. The van der Waals surface area contributed by atoms with E-state index in [4.69, 9.17) is 14.6 Å². The van der Waals surface area contributed by atoms with Crippen molar-refractivity contribution in [3.05, 3.63) is 29.8 Å². The van der Waals surface area contributed by atoms with E-state index in [0.717, 1.165) is 0 Å². The molecule has 4 fully saturated rings. The quantitative estimate of drug-likeness (QED) is 0.632. The molecule has 1 aromatic carbocycles. The molecule has 0 radical (unpaired) electrons. The highest BCUT2D eigenvalue weighted by molar-refractivity contribution is 7.89. The molecule has 3 atom stereocenters. The molecule has 10 nitrogen and oxygen atoms in total. The minimum atomic E-state index is -3.81. The number of carbonyl (C=O) groups is 2. The van der Waals surface area contributed by atoms with Crippen molar-refractivity contribution in [2.24, 2.45) is 5.14 Å². The van der Waals surface area contributed by atoms with Gasteiger partial charge in [0.15, 0.2) is 0 Å². The molecule has 4 heterocycles. The SMILES string of the molecule is NS(=O)(=O)c1ccccc1[C@H]1COC2(CCN(C(=O)N3CC[C@@H]4OCC(=O)N[C@@H]4C3)CC2)C1. The fourth-order valence-electron chi connectivity index (χ4n) is 5.65. The van der Waals surface area contributed by atoms with Crippen LogP contribution in [0.2, 0.25) is 0 Å². The van der Waals surface area contributed by atoms with Crippen LogP contribution in [0.1, 0.15) is 37.2 Å². The molecule has 3 amide bonds. The Morgan fingerprint density at radius 3 is 2.67 bits per heavy atom. The third kappa shape index (κ3) is 4.46. The zero-order valence-corrected chi connectivity index (χ0v) is 19.3. The van der Waals surface area contributed by atoms with Crippen molar-refractivity contribution in [2.45, 2.75) is 54.2 Å². The van der Waals surface area contributed by atoms with E-state index in [0.29, 0.717) is 64.0 Å². The number of nitrogens with one attached hydrogen (secondary N) is 1. The largest absolute Gasteiger partial charge is 0.374 e. The number of carbonyl (C=O) groups excluding carboxylic acids is 2. The highest BCUT2D eigenvalue weighted by Gasteiger charge is 2.45. The number of likely N-dealkylation sites (tertiary alicyclic amines) is 2. The van der Waals surface area contributed by atoms with Crippen LogP contribution in [0.4, 0.5) is 4.79 Å². The minimum Gasteiger partial charge on any atom is -0.374 e. The van der Waals surface area contributed by atoms with Gasteiger partial charge >= 0.3 is 6.03 Å². The average molecular weight is 479 g/mol. The van der Waals surface area contributed by atoms with Gasteiger partial charge < -0.3 is 24.6 Å². The first-order valence-electron chi connectivity index (χ1n) is 11.4. The lowest BCUT2D eigenvalue weighted by molar-refractivity contribution is -0.139. The van der Waals surface area contributed by atoms with Gasteiger partial charge in [0.1, 0.15) is 6.61 Å². The van der Waals surface area contributed by atoms with Crippen LogP contribution in [0.25, 0.3) is 0 Å². The molecular weight excluding hydrogens is 448 g/mol. The molecule has 3 N–H and O–H groups in total. The molecule has 4 saturated heterocycles. The van der Waals surface area contributed by atoms with Crippen LogP contribution in [-0.2, 0) is 24.3 Å². The molecule has 5 rings (SSSR count). The number of hydrogen-bond donors (Lipinski definition) is 2. The van der Waals surface area contributed by atoms with Crippen molar-refractivity contribution in [1.29, 1.82) is 0 Å². The smallest absolute Gasteiger partial charge is 0.320 e. The summed E-state index contributed by atoms with van der Waals surface area (Å²) in [5.74, 6) is -0.182. The molecule has 4 aliphatic rings. The van der Waals surface area contributed by atoms with E-state index in [2.05, 4.69) is 5.32 Å². The molecule has 1 spiro atoms. The molecule has 11 heteroatoms. The molecule has 33 heavy (non-hydrogen) atoms. The van der Waals surface area contributed by atoms with Crippen molar-refractivity contribution in [1.82, 2.24) is 15.1 Å². The number of amides is 3. The van der Waals surface area contributed by atoms with Crippen molar-refractivity contribution >= 4 is 22.0 Å². The third-order valence-corrected chi connectivity index (χ3v) is 8.40. The van der Waals surface area contributed by atoms with Gasteiger partial charge in [-0.2, -0.15) is 0 Å². The third-order valence-electron chi connectivity index (χ3n) is 7.41. The van der Waals surface area contributed by atoms with E-state index in [1.807, 2.05) is 17.0 Å². The number of nitrogens with two attached hydrogens (primary N) is 1. The van der Waals surface area contributed by atoms with Gasteiger partial charge in [-0.05, 0) is 37.3 Å². The number of primary sulfonamides is 1. The fourth-order valence-corrected chi connectivity index (χ4v) is 6.48. The molecule has 0 aliphatic carbocycles. The number of morpholine rings is 1. The van der Waals surface area contributed by atoms with E-state index in [1.165, 1.54) is 0 Å². The van der Waals surface area contributed by atoms with Gasteiger partial charge in [-0.1, -0.05) is 18.2 Å². The zero-order chi connectivity index (χ0) is 23.2. The van der Waals surface area contributed by atoms with Crippen LogP contribution in [0.15, 0.2) is 29.2 Å². The highest BCUT2D eigenvalue weighted by Crippen LogP contribution is 2.44. The van der Waals surface area contributed by atoms with Crippen LogP contribution in [0.3, 0.4) is 0 Å². The number of rotatable bonds is 2. The average Bonchev–Trinajstić information content (AvgIpc) is 3.21. The Kier molecular flexibility index (Phi) is 5.84. The first-order valence-corrected chi connectivity index (χ1v) is 13.0. The van der Waals surface area contributed by atoms with Crippen molar-refractivity contribution < 1.29 is 27.5 Å². The van der Waals surface area contributed by atoms with Crippen LogP contribution >= 0.6 is 0 Å². The van der Waals surface area contributed by atoms with Gasteiger partial charge in [0.25, 0.3) is 0 Å². The van der Waals surface area contributed by atoms with Crippen LogP contribution in [0, 0.1) is 0 Å². The molecule has 1 aromatic rings. The lowest BCUT2D eigenvalue weighted by Gasteiger charge is -2.44. The molecule has 4 aliphatic heterocycles. The monoisotopic (exact) mass is 478 g/mol. The number of piperidine rings is 2. The summed E-state index contributed by atoms with van der Waals surface area (Å²) >= 11 is 0. The number of benzene rings is 1. The summed E-state index contributed by atoms with van der Waals surface area (Å²) in [5.41, 5.74) is 0.348. The topological polar surface area (TPSA) is 131 Å². The summed E-state index contributed by atoms with van der Waals surface area (Å²) in [6.07, 6.45) is 2.79. The number of hydrogen-bond acceptors (Lipinski definition) is 6. The first kappa shape index (κ1) is 22.6. The van der Waals surface area contributed by atoms with Gasteiger partial charge in [0.2, 0.25) is 15.9 Å². The Labute approximate surface area is 193 Å². The number of nitrogens with zero attached hydrogens (tertiary/aromatic N) is 2. The maximum atomic E-state index is 13.1. The Morgan fingerprint density at radius 1 is 1.15 bits per heavy atom.